The summed E-state index contributed by atoms with van der Waals surface area (Å²) in [6.45, 7) is 2.03. The molecule has 18 heavy (non-hydrogen) atoms. The van der Waals surface area contributed by atoms with Gasteiger partial charge in [0, 0.05) is 6.42 Å². The quantitative estimate of drug-likeness (QED) is 0.809. The number of carbonyl (C=O) groups excluding carboxylic acids is 2. The van der Waals surface area contributed by atoms with Crippen molar-refractivity contribution in [3.05, 3.63) is 35.4 Å². The molecule has 0 radical (unpaired) electrons. The molecule has 1 saturated heterocycles. The van der Waals surface area contributed by atoms with E-state index in [1.54, 1.807) is 0 Å². The molecule has 1 N–H and O–H groups in total. The average Bonchev–Trinajstić information content (AvgIpc) is 3.11. The van der Waals surface area contributed by atoms with Crippen LogP contribution in [0.15, 0.2) is 24.3 Å². The molecule has 3 heteroatoms. The van der Waals surface area contributed by atoms with Crippen molar-refractivity contribution < 1.29 is 9.59 Å². The van der Waals surface area contributed by atoms with Crippen LogP contribution in [-0.4, -0.2) is 11.8 Å². The van der Waals surface area contributed by atoms with Gasteiger partial charge in [-0.05, 0) is 37.2 Å². The van der Waals surface area contributed by atoms with Crippen LogP contribution >= 0.6 is 0 Å². The number of hydrogen-bond acceptors (Lipinski definition) is 2. The van der Waals surface area contributed by atoms with E-state index < -0.39 is 0 Å². The van der Waals surface area contributed by atoms with E-state index in [-0.39, 0.29) is 23.7 Å². The van der Waals surface area contributed by atoms with Crippen LogP contribution in [0.5, 0.6) is 0 Å². The summed E-state index contributed by atoms with van der Waals surface area (Å²) >= 11 is 0. The van der Waals surface area contributed by atoms with Gasteiger partial charge in [-0.25, -0.2) is 0 Å². The van der Waals surface area contributed by atoms with Crippen LogP contribution < -0.4 is 5.32 Å². The molecule has 3 rings (SSSR count). The highest BCUT2D eigenvalue weighted by atomic mass is 16.2. The Morgan fingerprint density at radius 3 is 2.67 bits per heavy atom. The minimum Gasteiger partial charge on any atom is -0.296 e. The van der Waals surface area contributed by atoms with Crippen LogP contribution in [0, 0.1) is 18.8 Å². The fraction of sp³-hybridized carbons (Fsp3) is 0.467. The second kappa shape index (κ2) is 4.23. The first-order valence-electron chi connectivity index (χ1n) is 6.55. The van der Waals surface area contributed by atoms with Gasteiger partial charge in [0.1, 0.15) is 0 Å². The molecule has 1 aliphatic carbocycles. The molecule has 3 nitrogen and oxygen atoms in total. The fourth-order valence-electron chi connectivity index (χ4n) is 3.02. The molecule has 94 valence electrons. The minimum atomic E-state index is -0.143. The fourth-order valence-corrected chi connectivity index (χ4v) is 3.02. The molecule has 1 aliphatic heterocycles. The van der Waals surface area contributed by atoms with Gasteiger partial charge in [0.15, 0.2) is 0 Å². The van der Waals surface area contributed by atoms with Crippen LogP contribution in [0.3, 0.4) is 0 Å². The first-order valence-corrected chi connectivity index (χ1v) is 6.55. The lowest BCUT2D eigenvalue weighted by molar-refractivity contribution is -0.136. The van der Waals surface area contributed by atoms with Crippen molar-refractivity contribution in [1.82, 2.24) is 5.32 Å². The van der Waals surface area contributed by atoms with Gasteiger partial charge >= 0.3 is 0 Å². The van der Waals surface area contributed by atoms with E-state index in [1.165, 1.54) is 0 Å². The number of carbonyl (C=O) groups is 2. The summed E-state index contributed by atoms with van der Waals surface area (Å²) in [4.78, 5) is 23.7. The Morgan fingerprint density at radius 2 is 2.00 bits per heavy atom. The highest BCUT2D eigenvalue weighted by Gasteiger charge is 2.44. The predicted molar refractivity (Wildman–Crippen MR) is 67.9 cm³/mol. The summed E-state index contributed by atoms with van der Waals surface area (Å²) in [5, 5.41) is 2.48. The van der Waals surface area contributed by atoms with E-state index in [0.29, 0.717) is 12.3 Å². The van der Waals surface area contributed by atoms with Crippen molar-refractivity contribution in [2.75, 3.05) is 0 Å². The maximum Gasteiger partial charge on any atom is 0.234 e. The molecule has 1 heterocycles. The van der Waals surface area contributed by atoms with Gasteiger partial charge in [-0.2, -0.15) is 0 Å². The SMILES string of the molecule is Cc1cccc(C2C(=O)NC(=O)CC2C2CC2)c1. The summed E-state index contributed by atoms with van der Waals surface area (Å²) in [5.74, 6) is 0.392. The van der Waals surface area contributed by atoms with Crippen LogP contribution in [0.25, 0.3) is 0 Å². The first-order chi connectivity index (χ1) is 8.65. The third-order valence-corrected chi connectivity index (χ3v) is 4.02. The van der Waals surface area contributed by atoms with E-state index in [0.717, 1.165) is 24.0 Å². The standard InChI is InChI=1S/C15H17NO2/c1-9-3-2-4-11(7-9)14-12(10-5-6-10)8-13(17)16-15(14)18/h2-4,7,10,12,14H,5-6,8H2,1H3,(H,16,17,18). The number of piperidine rings is 1. The Balaban J connectivity index is 1.95. The van der Waals surface area contributed by atoms with Gasteiger partial charge in [0.2, 0.25) is 11.8 Å². The smallest absolute Gasteiger partial charge is 0.234 e. The Bertz CT molecular complexity index is 505. The van der Waals surface area contributed by atoms with Crippen molar-refractivity contribution >= 4 is 11.8 Å². The number of nitrogens with one attached hydrogen (secondary N) is 1. The molecule has 0 aromatic heterocycles. The maximum absolute atomic E-state index is 12.1. The van der Waals surface area contributed by atoms with Crippen LogP contribution in [0.4, 0.5) is 0 Å². The zero-order chi connectivity index (χ0) is 12.7. The monoisotopic (exact) mass is 243 g/mol. The number of hydrogen-bond donors (Lipinski definition) is 1. The zero-order valence-electron chi connectivity index (χ0n) is 10.5. The molecule has 0 bridgehead atoms. The van der Waals surface area contributed by atoms with Crippen LogP contribution in [0.1, 0.15) is 36.3 Å². The van der Waals surface area contributed by atoms with Crippen molar-refractivity contribution in [2.45, 2.75) is 32.1 Å². The third kappa shape index (κ3) is 2.05. The van der Waals surface area contributed by atoms with Gasteiger partial charge in [-0.15, -0.1) is 0 Å². The molecular formula is C15H17NO2. The number of rotatable bonds is 2. The summed E-state index contributed by atoms with van der Waals surface area (Å²) in [5.41, 5.74) is 2.21. The van der Waals surface area contributed by atoms with Gasteiger partial charge in [-0.3, -0.25) is 14.9 Å². The Kier molecular flexibility index (Phi) is 2.69. The molecule has 2 fully saturated rings. The molecule has 2 amide bonds. The van der Waals surface area contributed by atoms with E-state index in [1.807, 2.05) is 25.1 Å². The van der Waals surface area contributed by atoms with E-state index in [4.69, 9.17) is 0 Å². The van der Waals surface area contributed by atoms with Gasteiger partial charge < -0.3 is 0 Å². The molecule has 1 aromatic rings. The summed E-state index contributed by atoms with van der Waals surface area (Å²) in [6, 6.07) is 8.08. The van der Waals surface area contributed by atoms with Gasteiger partial charge in [0.05, 0.1) is 5.92 Å². The van der Waals surface area contributed by atoms with Crippen molar-refractivity contribution in [2.24, 2.45) is 11.8 Å². The number of aryl methyl sites for hydroxylation is 1. The number of amides is 2. The second-order valence-corrected chi connectivity index (χ2v) is 5.51. The van der Waals surface area contributed by atoms with Crippen molar-refractivity contribution in [1.29, 1.82) is 0 Å². The second-order valence-electron chi connectivity index (χ2n) is 5.51. The van der Waals surface area contributed by atoms with Gasteiger partial charge in [-0.1, -0.05) is 29.8 Å². The molecule has 0 spiro atoms. The van der Waals surface area contributed by atoms with Gasteiger partial charge in [0.25, 0.3) is 0 Å². The molecule has 2 unspecified atom stereocenters. The third-order valence-electron chi connectivity index (χ3n) is 4.02. The van der Waals surface area contributed by atoms with E-state index in [9.17, 15) is 9.59 Å². The van der Waals surface area contributed by atoms with Crippen LogP contribution in [-0.2, 0) is 9.59 Å². The predicted octanol–water partition coefficient (Wildman–Crippen LogP) is 2.15. The zero-order valence-corrected chi connectivity index (χ0v) is 10.5. The molecule has 1 aromatic carbocycles. The summed E-state index contributed by atoms with van der Waals surface area (Å²) < 4.78 is 0. The Labute approximate surface area is 107 Å². The van der Waals surface area contributed by atoms with Crippen LogP contribution in [0.2, 0.25) is 0 Å². The lowest BCUT2D eigenvalue weighted by Crippen LogP contribution is -2.45. The number of benzene rings is 1. The molecule has 2 atom stereocenters. The van der Waals surface area contributed by atoms with E-state index in [2.05, 4.69) is 11.4 Å². The minimum absolute atomic E-state index is 0.110. The van der Waals surface area contributed by atoms with Crippen molar-refractivity contribution in [3.63, 3.8) is 0 Å². The molecular weight excluding hydrogens is 226 g/mol. The summed E-state index contributed by atoms with van der Waals surface area (Å²) in [6.07, 6.45) is 2.82. The lowest BCUT2D eigenvalue weighted by atomic mass is 9.77. The highest BCUT2D eigenvalue weighted by molar-refractivity contribution is 6.01. The molecule has 1 saturated carbocycles. The molecule has 2 aliphatic rings. The number of imide groups is 1. The van der Waals surface area contributed by atoms with Crippen molar-refractivity contribution in [3.8, 4) is 0 Å². The largest absolute Gasteiger partial charge is 0.296 e. The summed E-state index contributed by atoms with van der Waals surface area (Å²) in [7, 11) is 0. The highest BCUT2D eigenvalue weighted by Crippen LogP contribution is 2.47. The Morgan fingerprint density at radius 1 is 1.22 bits per heavy atom. The average molecular weight is 243 g/mol. The van der Waals surface area contributed by atoms with E-state index >= 15 is 0 Å². The lowest BCUT2D eigenvalue weighted by Gasteiger charge is -2.30. The Hall–Kier alpha value is -1.64. The topological polar surface area (TPSA) is 46.2 Å². The first kappa shape index (κ1) is 11.5. The normalized spacial score (nSPS) is 28.1. The maximum atomic E-state index is 12.1.